The molecule has 0 bridgehead atoms. The zero-order valence-electron chi connectivity index (χ0n) is 18.2. The van der Waals surface area contributed by atoms with Gasteiger partial charge >= 0.3 is 0 Å². The molecule has 5 aromatic rings. The molecule has 5 rings (SSSR count). The Hall–Kier alpha value is -4.44. The van der Waals surface area contributed by atoms with Crippen LogP contribution in [0.2, 0.25) is 0 Å². The van der Waals surface area contributed by atoms with Gasteiger partial charge in [0.15, 0.2) is 5.75 Å². The summed E-state index contributed by atoms with van der Waals surface area (Å²) >= 11 is 0. The quantitative estimate of drug-likeness (QED) is 0.319. The summed E-state index contributed by atoms with van der Waals surface area (Å²) in [6.07, 6.45) is 0. The molecule has 0 unspecified atom stereocenters. The summed E-state index contributed by atoms with van der Waals surface area (Å²) in [5.74, 6) is 1.08. The number of para-hydroxylation sites is 4. The summed E-state index contributed by atoms with van der Waals surface area (Å²) in [7, 11) is 0. The number of nitrogens with zero attached hydrogens (tertiary/aromatic N) is 1. The van der Waals surface area contributed by atoms with Crippen molar-refractivity contribution in [2.75, 3.05) is 5.32 Å². The highest BCUT2D eigenvalue weighted by atomic mass is 16.5. The molecule has 0 atom stereocenters. The Morgan fingerprint density at radius 2 is 1.39 bits per heavy atom. The average molecular weight is 431 g/mol. The number of fused-ring (bicyclic) bond motifs is 1. The average Bonchev–Trinajstić information content (AvgIpc) is 2.86. The number of ether oxygens (including phenoxy) is 1. The van der Waals surface area contributed by atoms with Gasteiger partial charge in [-0.05, 0) is 42.8 Å². The van der Waals surface area contributed by atoms with Crippen molar-refractivity contribution in [1.82, 2.24) is 4.98 Å². The molecule has 0 aliphatic heterocycles. The molecule has 4 nitrogen and oxygen atoms in total. The first kappa shape index (κ1) is 20.5. The number of carbonyl (C=O) groups is 1. The third-order valence-electron chi connectivity index (χ3n) is 5.52. The van der Waals surface area contributed by atoms with Gasteiger partial charge in [-0.15, -0.1) is 0 Å². The highest BCUT2D eigenvalue weighted by Crippen LogP contribution is 2.33. The Morgan fingerprint density at radius 1 is 0.758 bits per heavy atom. The zero-order chi connectivity index (χ0) is 22.6. The molecule has 1 aromatic heterocycles. The minimum Gasteiger partial charge on any atom is -0.455 e. The van der Waals surface area contributed by atoms with Crippen molar-refractivity contribution in [3.63, 3.8) is 0 Å². The minimum atomic E-state index is -0.201. The molecule has 33 heavy (non-hydrogen) atoms. The smallest absolute Gasteiger partial charge is 0.256 e. The number of amides is 1. The van der Waals surface area contributed by atoms with Crippen molar-refractivity contribution in [1.29, 1.82) is 0 Å². The van der Waals surface area contributed by atoms with E-state index in [4.69, 9.17) is 9.72 Å². The van der Waals surface area contributed by atoms with Crippen molar-refractivity contribution in [2.24, 2.45) is 0 Å². The van der Waals surface area contributed by atoms with E-state index in [-0.39, 0.29) is 5.91 Å². The molecule has 0 saturated carbocycles. The van der Waals surface area contributed by atoms with Crippen LogP contribution in [0.25, 0.3) is 22.2 Å². The predicted molar refractivity (Wildman–Crippen MR) is 133 cm³/mol. The maximum Gasteiger partial charge on any atom is 0.256 e. The Kier molecular flexibility index (Phi) is 5.56. The van der Waals surface area contributed by atoms with Crippen LogP contribution in [0.15, 0.2) is 109 Å². The van der Waals surface area contributed by atoms with E-state index in [1.807, 2.05) is 116 Å². The van der Waals surface area contributed by atoms with E-state index >= 15 is 0 Å². The summed E-state index contributed by atoms with van der Waals surface area (Å²) in [6, 6.07) is 34.6. The van der Waals surface area contributed by atoms with Gasteiger partial charge in [-0.3, -0.25) is 4.79 Å². The molecule has 0 fully saturated rings. The topological polar surface area (TPSA) is 51.2 Å². The number of rotatable bonds is 5. The number of aromatic nitrogens is 1. The van der Waals surface area contributed by atoms with Crippen LogP contribution in [0.4, 0.5) is 5.69 Å². The van der Waals surface area contributed by atoms with Gasteiger partial charge in [-0.25, -0.2) is 4.98 Å². The van der Waals surface area contributed by atoms with Gasteiger partial charge in [-0.1, -0.05) is 78.9 Å². The van der Waals surface area contributed by atoms with Crippen molar-refractivity contribution in [3.8, 4) is 22.8 Å². The molecule has 0 saturated heterocycles. The Labute approximate surface area is 192 Å². The first-order chi connectivity index (χ1) is 16.2. The first-order valence-electron chi connectivity index (χ1n) is 10.8. The first-order valence-corrected chi connectivity index (χ1v) is 10.8. The van der Waals surface area contributed by atoms with Gasteiger partial charge in [0.25, 0.3) is 5.91 Å². The van der Waals surface area contributed by atoms with Gasteiger partial charge in [-0.2, -0.15) is 0 Å². The molecule has 4 heteroatoms. The fraction of sp³-hybridized carbons (Fsp3) is 0.0345. The summed E-state index contributed by atoms with van der Waals surface area (Å²) in [4.78, 5) is 18.5. The lowest BCUT2D eigenvalue weighted by atomic mass is 9.97. The van der Waals surface area contributed by atoms with E-state index in [1.54, 1.807) is 0 Å². The lowest BCUT2D eigenvalue weighted by Gasteiger charge is -2.16. The maximum atomic E-state index is 13.6. The molecule has 160 valence electrons. The lowest BCUT2D eigenvalue weighted by molar-refractivity contribution is 0.102. The SMILES string of the molecule is Cc1c(-c2ccccc2)nc2ccccc2c1C(=O)Nc1ccccc1Oc1ccccc1. The van der Waals surface area contributed by atoms with Crippen molar-refractivity contribution >= 4 is 22.5 Å². The van der Waals surface area contributed by atoms with Crippen LogP contribution in [0.1, 0.15) is 15.9 Å². The van der Waals surface area contributed by atoms with Crippen LogP contribution in [-0.2, 0) is 0 Å². The molecular weight excluding hydrogens is 408 g/mol. The normalized spacial score (nSPS) is 10.7. The second-order valence-electron chi connectivity index (χ2n) is 7.71. The Balaban J connectivity index is 1.57. The molecule has 0 aliphatic rings. The molecule has 0 radical (unpaired) electrons. The Bertz CT molecular complexity index is 1430. The third-order valence-corrected chi connectivity index (χ3v) is 5.52. The van der Waals surface area contributed by atoms with E-state index in [0.717, 1.165) is 27.7 Å². The Morgan fingerprint density at radius 3 is 2.18 bits per heavy atom. The molecule has 4 aromatic carbocycles. The number of pyridine rings is 1. The second-order valence-corrected chi connectivity index (χ2v) is 7.71. The number of carbonyl (C=O) groups excluding carboxylic acids is 1. The van der Waals surface area contributed by atoms with Crippen LogP contribution in [-0.4, -0.2) is 10.9 Å². The fourth-order valence-electron chi connectivity index (χ4n) is 3.94. The number of nitrogens with one attached hydrogen (secondary N) is 1. The predicted octanol–water partition coefficient (Wildman–Crippen LogP) is 7.25. The van der Waals surface area contributed by atoms with E-state index in [0.29, 0.717) is 22.7 Å². The van der Waals surface area contributed by atoms with Gasteiger partial charge in [0.05, 0.1) is 22.5 Å². The largest absolute Gasteiger partial charge is 0.455 e. The van der Waals surface area contributed by atoms with Crippen LogP contribution >= 0.6 is 0 Å². The third kappa shape index (κ3) is 4.19. The second kappa shape index (κ2) is 8.97. The summed E-state index contributed by atoms with van der Waals surface area (Å²) in [5.41, 5.74) is 4.59. The molecule has 0 aliphatic carbocycles. The summed E-state index contributed by atoms with van der Waals surface area (Å²) in [5, 5.41) is 3.88. The zero-order valence-corrected chi connectivity index (χ0v) is 18.2. The lowest BCUT2D eigenvalue weighted by Crippen LogP contribution is -2.15. The standard InChI is InChI=1S/C29H22N2O2/c1-20-27(23-16-8-9-17-24(23)30-28(20)21-12-4-2-5-13-21)29(32)31-25-18-10-11-19-26(25)33-22-14-6-3-7-15-22/h2-19H,1H3,(H,31,32). The van der Waals surface area contributed by atoms with E-state index in [9.17, 15) is 4.79 Å². The monoisotopic (exact) mass is 430 g/mol. The molecular formula is C29H22N2O2. The number of hydrogen-bond acceptors (Lipinski definition) is 3. The molecule has 1 N–H and O–H groups in total. The van der Waals surface area contributed by atoms with Gasteiger partial charge < -0.3 is 10.1 Å². The fourth-order valence-corrected chi connectivity index (χ4v) is 3.94. The maximum absolute atomic E-state index is 13.6. The van der Waals surface area contributed by atoms with E-state index in [1.165, 1.54) is 0 Å². The van der Waals surface area contributed by atoms with Gasteiger partial charge in [0.1, 0.15) is 5.75 Å². The molecule has 0 spiro atoms. The minimum absolute atomic E-state index is 0.201. The van der Waals surface area contributed by atoms with Crippen molar-refractivity contribution < 1.29 is 9.53 Å². The van der Waals surface area contributed by atoms with Crippen molar-refractivity contribution in [2.45, 2.75) is 6.92 Å². The molecule has 1 amide bonds. The number of benzene rings is 4. The van der Waals surface area contributed by atoms with Gasteiger partial charge in [0, 0.05) is 10.9 Å². The number of anilines is 1. The van der Waals surface area contributed by atoms with Crippen LogP contribution < -0.4 is 10.1 Å². The van der Waals surface area contributed by atoms with Gasteiger partial charge in [0.2, 0.25) is 0 Å². The summed E-state index contributed by atoms with van der Waals surface area (Å²) in [6.45, 7) is 1.95. The van der Waals surface area contributed by atoms with Crippen LogP contribution in [0.3, 0.4) is 0 Å². The van der Waals surface area contributed by atoms with E-state index in [2.05, 4.69) is 5.32 Å². The highest BCUT2D eigenvalue weighted by molar-refractivity contribution is 6.14. The highest BCUT2D eigenvalue weighted by Gasteiger charge is 2.20. The van der Waals surface area contributed by atoms with E-state index < -0.39 is 0 Å². The van der Waals surface area contributed by atoms with Crippen molar-refractivity contribution in [3.05, 3.63) is 120 Å². The molecule has 1 heterocycles. The van der Waals surface area contributed by atoms with Crippen LogP contribution in [0, 0.1) is 6.92 Å². The number of hydrogen-bond donors (Lipinski definition) is 1. The summed E-state index contributed by atoms with van der Waals surface area (Å²) < 4.78 is 6.03. The van der Waals surface area contributed by atoms with Crippen LogP contribution in [0.5, 0.6) is 11.5 Å².